The van der Waals surface area contributed by atoms with Crippen LogP contribution in [0.2, 0.25) is 0 Å². The normalized spacial score (nSPS) is 15.4. The summed E-state index contributed by atoms with van der Waals surface area (Å²) in [5.74, 6) is 0.467. The fraction of sp³-hybridized carbons (Fsp3) is 0.517. The molecule has 1 atom stereocenters. The van der Waals surface area contributed by atoms with Crippen molar-refractivity contribution in [3.8, 4) is 5.75 Å². The summed E-state index contributed by atoms with van der Waals surface area (Å²) in [5, 5.41) is 5.97. The first-order chi connectivity index (χ1) is 17.2. The smallest absolute Gasteiger partial charge is 0.264 e. The monoisotopic (exact) mass is 495 g/mol. The van der Waals surface area contributed by atoms with Crippen LogP contribution in [-0.2, 0) is 20.7 Å². The van der Waals surface area contributed by atoms with Gasteiger partial charge in [-0.3, -0.25) is 14.5 Å². The highest BCUT2D eigenvalue weighted by atomic mass is 16.5. The molecule has 3 rings (SSSR count). The van der Waals surface area contributed by atoms with Gasteiger partial charge in [0.15, 0.2) is 5.60 Å². The summed E-state index contributed by atoms with van der Waals surface area (Å²) in [6.07, 6.45) is 1.25. The molecule has 1 aliphatic rings. The molecule has 2 aromatic carbocycles. The number of rotatable bonds is 12. The summed E-state index contributed by atoms with van der Waals surface area (Å²) in [7, 11) is 0. The number of nitrogens with one attached hydrogen (secondary N) is 2. The van der Waals surface area contributed by atoms with E-state index in [2.05, 4.69) is 29.4 Å². The Morgan fingerprint density at radius 1 is 1.06 bits per heavy atom. The standard InChI is InChI=1S/C29H41N3O4/c1-22(2)24-12-8-13-25(21-24)36-29(3,4)28(34)31-26(20-23-10-6-5-7-11-23)27(33)30-14-9-15-32-16-18-35-19-17-32/h5-8,10-13,21-22,26H,9,14-20H2,1-4H3,(H,30,33)(H,31,34)/t26-/m1/s1. The molecule has 1 saturated heterocycles. The van der Waals surface area contributed by atoms with E-state index in [1.54, 1.807) is 13.8 Å². The molecule has 7 heteroatoms. The number of carbonyl (C=O) groups is 2. The fourth-order valence-corrected chi connectivity index (χ4v) is 4.13. The lowest BCUT2D eigenvalue weighted by Gasteiger charge is -2.29. The predicted octanol–water partition coefficient (Wildman–Crippen LogP) is 3.53. The van der Waals surface area contributed by atoms with E-state index in [0.717, 1.165) is 50.4 Å². The van der Waals surface area contributed by atoms with Crippen LogP contribution in [0.4, 0.5) is 0 Å². The van der Waals surface area contributed by atoms with Crippen LogP contribution < -0.4 is 15.4 Å². The summed E-state index contributed by atoms with van der Waals surface area (Å²) in [5.41, 5.74) is 0.970. The Morgan fingerprint density at radius 2 is 1.78 bits per heavy atom. The molecule has 0 aromatic heterocycles. The molecule has 36 heavy (non-hydrogen) atoms. The number of hydrogen-bond donors (Lipinski definition) is 2. The molecular weight excluding hydrogens is 454 g/mol. The second-order valence-electron chi connectivity index (χ2n) is 10.2. The molecule has 7 nitrogen and oxygen atoms in total. The molecular formula is C29H41N3O4. The summed E-state index contributed by atoms with van der Waals surface area (Å²) in [6.45, 7) is 12.5. The van der Waals surface area contributed by atoms with Crippen molar-refractivity contribution in [2.75, 3.05) is 39.4 Å². The van der Waals surface area contributed by atoms with Crippen LogP contribution in [0.1, 0.15) is 51.2 Å². The van der Waals surface area contributed by atoms with Crippen LogP contribution in [0.15, 0.2) is 54.6 Å². The van der Waals surface area contributed by atoms with Crippen molar-refractivity contribution in [1.29, 1.82) is 0 Å². The Hall–Kier alpha value is -2.90. The molecule has 196 valence electrons. The van der Waals surface area contributed by atoms with Gasteiger partial charge in [0.25, 0.3) is 5.91 Å². The third kappa shape index (κ3) is 8.64. The first-order valence-corrected chi connectivity index (χ1v) is 13.0. The van der Waals surface area contributed by atoms with Crippen LogP contribution >= 0.6 is 0 Å². The highest BCUT2D eigenvalue weighted by molar-refractivity contribution is 5.91. The average molecular weight is 496 g/mol. The van der Waals surface area contributed by atoms with E-state index < -0.39 is 11.6 Å². The van der Waals surface area contributed by atoms with Crippen LogP contribution in [0.5, 0.6) is 5.75 Å². The lowest BCUT2D eigenvalue weighted by atomic mass is 10.0. The van der Waals surface area contributed by atoms with Crippen molar-refractivity contribution in [3.63, 3.8) is 0 Å². The highest BCUT2D eigenvalue weighted by Crippen LogP contribution is 2.24. The van der Waals surface area contributed by atoms with Gasteiger partial charge in [0.05, 0.1) is 13.2 Å². The predicted molar refractivity (Wildman–Crippen MR) is 142 cm³/mol. The molecule has 0 saturated carbocycles. The van der Waals surface area contributed by atoms with Crippen molar-refractivity contribution in [3.05, 3.63) is 65.7 Å². The maximum Gasteiger partial charge on any atom is 0.264 e. The van der Waals surface area contributed by atoms with Gasteiger partial charge in [-0.15, -0.1) is 0 Å². The van der Waals surface area contributed by atoms with Crippen LogP contribution in [-0.4, -0.2) is 67.7 Å². The molecule has 2 amide bonds. The average Bonchev–Trinajstić information content (AvgIpc) is 2.87. The van der Waals surface area contributed by atoms with Gasteiger partial charge in [-0.05, 0) is 56.0 Å². The molecule has 1 aliphatic heterocycles. The zero-order chi connectivity index (χ0) is 26.0. The van der Waals surface area contributed by atoms with E-state index in [1.807, 2.05) is 54.6 Å². The Bertz CT molecular complexity index is 971. The molecule has 0 bridgehead atoms. The molecule has 1 heterocycles. The lowest BCUT2D eigenvalue weighted by Crippen LogP contribution is -2.55. The molecule has 0 radical (unpaired) electrons. The van der Waals surface area contributed by atoms with Crippen molar-refractivity contribution in [2.24, 2.45) is 0 Å². The number of carbonyl (C=O) groups excluding carboxylic acids is 2. The number of benzene rings is 2. The number of amides is 2. The van der Waals surface area contributed by atoms with Gasteiger partial charge in [-0.1, -0.05) is 56.3 Å². The summed E-state index contributed by atoms with van der Waals surface area (Å²) in [6, 6.07) is 16.8. The largest absolute Gasteiger partial charge is 0.478 e. The quantitative estimate of drug-likeness (QED) is 0.441. The number of morpholine rings is 1. The van der Waals surface area contributed by atoms with Gasteiger partial charge in [0, 0.05) is 26.1 Å². The van der Waals surface area contributed by atoms with E-state index in [4.69, 9.17) is 9.47 Å². The molecule has 0 unspecified atom stereocenters. The van der Waals surface area contributed by atoms with E-state index in [0.29, 0.717) is 24.6 Å². The van der Waals surface area contributed by atoms with Crippen LogP contribution in [0.3, 0.4) is 0 Å². The Balaban J connectivity index is 1.61. The molecule has 0 spiro atoms. The SMILES string of the molecule is CC(C)c1cccc(OC(C)(C)C(=O)N[C@H](Cc2ccccc2)C(=O)NCCCN2CCOCC2)c1. The lowest BCUT2D eigenvalue weighted by molar-refractivity contribution is -0.137. The second kappa shape index (κ2) is 13.4. The van der Waals surface area contributed by atoms with Crippen molar-refractivity contribution < 1.29 is 19.1 Å². The number of ether oxygens (including phenoxy) is 2. The van der Waals surface area contributed by atoms with E-state index in [1.165, 1.54) is 0 Å². The first-order valence-electron chi connectivity index (χ1n) is 13.0. The fourth-order valence-electron chi connectivity index (χ4n) is 4.13. The van der Waals surface area contributed by atoms with Crippen molar-refractivity contribution in [1.82, 2.24) is 15.5 Å². The summed E-state index contributed by atoms with van der Waals surface area (Å²) < 4.78 is 11.5. The number of hydrogen-bond acceptors (Lipinski definition) is 5. The van der Waals surface area contributed by atoms with Gasteiger partial charge in [-0.25, -0.2) is 0 Å². The van der Waals surface area contributed by atoms with Crippen LogP contribution in [0.25, 0.3) is 0 Å². The first kappa shape index (κ1) is 27.7. The third-order valence-electron chi connectivity index (χ3n) is 6.40. The van der Waals surface area contributed by atoms with Gasteiger partial charge >= 0.3 is 0 Å². The molecule has 0 aliphatic carbocycles. The number of nitrogens with zero attached hydrogens (tertiary/aromatic N) is 1. The molecule has 1 fully saturated rings. The van der Waals surface area contributed by atoms with Gasteiger partial charge in [-0.2, -0.15) is 0 Å². The van der Waals surface area contributed by atoms with Gasteiger partial charge < -0.3 is 20.1 Å². The Labute approximate surface area is 215 Å². The zero-order valence-electron chi connectivity index (χ0n) is 22.1. The minimum atomic E-state index is -1.15. The summed E-state index contributed by atoms with van der Waals surface area (Å²) >= 11 is 0. The van der Waals surface area contributed by atoms with Crippen molar-refractivity contribution >= 4 is 11.8 Å². The third-order valence-corrected chi connectivity index (χ3v) is 6.40. The molecule has 2 aromatic rings. The zero-order valence-corrected chi connectivity index (χ0v) is 22.1. The van der Waals surface area contributed by atoms with Gasteiger partial charge in [0.1, 0.15) is 11.8 Å². The van der Waals surface area contributed by atoms with Crippen molar-refractivity contribution in [2.45, 2.75) is 58.1 Å². The highest BCUT2D eigenvalue weighted by Gasteiger charge is 2.33. The summed E-state index contributed by atoms with van der Waals surface area (Å²) in [4.78, 5) is 28.8. The topological polar surface area (TPSA) is 79.9 Å². The minimum absolute atomic E-state index is 0.188. The van der Waals surface area contributed by atoms with Gasteiger partial charge in [0.2, 0.25) is 5.91 Å². The van der Waals surface area contributed by atoms with E-state index >= 15 is 0 Å². The minimum Gasteiger partial charge on any atom is -0.478 e. The Morgan fingerprint density at radius 3 is 2.47 bits per heavy atom. The van der Waals surface area contributed by atoms with Crippen LogP contribution in [0, 0.1) is 0 Å². The maximum atomic E-state index is 13.3. The Kier molecular flexibility index (Phi) is 10.3. The maximum absolute atomic E-state index is 13.3. The second-order valence-corrected chi connectivity index (χ2v) is 10.2. The van der Waals surface area contributed by atoms with E-state index in [9.17, 15) is 9.59 Å². The molecule has 2 N–H and O–H groups in total. The van der Waals surface area contributed by atoms with E-state index in [-0.39, 0.29) is 11.8 Å².